The van der Waals surface area contributed by atoms with E-state index in [1.807, 2.05) is 0 Å². The monoisotopic (exact) mass is 385 g/mol. The average Bonchev–Trinajstić information content (AvgIpc) is 2.95. The lowest BCUT2D eigenvalue weighted by Gasteiger charge is -2.37. The third kappa shape index (κ3) is 3.14. The molecule has 10 heteroatoms. The van der Waals surface area contributed by atoms with E-state index in [4.69, 9.17) is 4.74 Å². The quantitative estimate of drug-likeness (QED) is 0.764. The van der Waals surface area contributed by atoms with Crippen LogP contribution in [-0.2, 0) is 9.59 Å². The minimum atomic E-state index is -5.17. The SMILES string of the molecule is COc1ccccc1NC(=O)C(=O)N1N=C2CCCC[C@@H]2[C@]1(O)C(F)(F)F. The van der Waals surface area contributed by atoms with Gasteiger partial charge in [-0.05, 0) is 31.4 Å². The number of ether oxygens (including phenoxy) is 1. The summed E-state index contributed by atoms with van der Waals surface area (Å²) in [5.41, 5.74) is -3.34. The fraction of sp³-hybridized carbons (Fsp3) is 0.471. The molecular formula is C17H18F3N3O4. The maximum absolute atomic E-state index is 13.7. The van der Waals surface area contributed by atoms with Crippen molar-refractivity contribution in [1.29, 1.82) is 0 Å². The molecule has 1 aliphatic heterocycles. The number of carbonyl (C=O) groups is 2. The highest BCUT2D eigenvalue weighted by atomic mass is 19.4. The van der Waals surface area contributed by atoms with Crippen molar-refractivity contribution in [2.24, 2.45) is 11.0 Å². The summed E-state index contributed by atoms with van der Waals surface area (Å²) in [4.78, 5) is 24.7. The van der Waals surface area contributed by atoms with Gasteiger partial charge in [-0.15, -0.1) is 0 Å². The number of hydrogen-bond donors (Lipinski definition) is 2. The van der Waals surface area contributed by atoms with Gasteiger partial charge in [-0.3, -0.25) is 9.59 Å². The maximum atomic E-state index is 13.7. The van der Waals surface area contributed by atoms with Gasteiger partial charge in [-0.1, -0.05) is 18.6 Å². The number of anilines is 1. The average molecular weight is 385 g/mol. The van der Waals surface area contributed by atoms with Gasteiger partial charge in [0.05, 0.1) is 18.7 Å². The van der Waals surface area contributed by atoms with Crippen LogP contribution in [0.5, 0.6) is 5.75 Å². The number of alkyl halides is 3. The Labute approximate surface area is 152 Å². The molecule has 1 saturated carbocycles. The van der Waals surface area contributed by atoms with Crippen molar-refractivity contribution in [3.8, 4) is 5.75 Å². The van der Waals surface area contributed by atoms with Gasteiger partial charge in [-0.25, -0.2) is 0 Å². The summed E-state index contributed by atoms with van der Waals surface area (Å²) in [6, 6.07) is 6.11. The van der Waals surface area contributed by atoms with E-state index in [0.29, 0.717) is 12.8 Å². The predicted molar refractivity (Wildman–Crippen MR) is 88.9 cm³/mol. The van der Waals surface area contributed by atoms with Crippen molar-refractivity contribution in [1.82, 2.24) is 5.01 Å². The van der Waals surface area contributed by atoms with Crippen LogP contribution in [0.2, 0.25) is 0 Å². The van der Waals surface area contributed by atoms with E-state index in [1.54, 1.807) is 12.1 Å². The summed E-state index contributed by atoms with van der Waals surface area (Å²) >= 11 is 0. The first-order valence-corrected chi connectivity index (χ1v) is 8.35. The Morgan fingerprint density at radius 2 is 2.04 bits per heavy atom. The number of aliphatic hydroxyl groups is 1. The van der Waals surface area contributed by atoms with Crippen LogP contribution in [0.15, 0.2) is 29.4 Å². The molecule has 0 bridgehead atoms. The molecule has 3 rings (SSSR count). The zero-order valence-electron chi connectivity index (χ0n) is 14.4. The number of methoxy groups -OCH3 is 1. The highest BCUT2D eigenvalue weighted by Crippen LogP contribution is 2.48. The Bertz CT molecular complexity index is 796. The number of fused-ring (bicyclic) bond motifs is 1. The maximum Gasteiger partial charge on any atom is 0.439 e. The van der Waals surface area contributed by atoms with Crippen molar-refractivity contribution in [3.05, 3.63) is 24.3 Å². The third-order valence-electron chi connectivity index (χ3n) is 4.77. The standard InChI is InChI=1S/C17H18F3N3O4/c1-27-13-9-5-4-8-12(13)21-14(24)15(25)23-16(26,17(18,19)20)10-6-2-3-7-11(10)22-23/h4-5,8-10,26H,2-3,6-7H2,1H3,(H,21,24)/t10-,16-/m0/s1. The third-order valence-corrected chi connectivity index (χ3v) is 4.77. The normalized spacial score (nSPS) is 24.9. The Balaban J connectivity index is 1.89. The highest BCUT2D eigenvalue weighted by Gasteiger charge is 2.69. The van der Waals surface area contributed by atoms with E-state index in [0.717, 1.165) is 0 Å². The minimum Gasteiger partial charge on any atom is -0.495 e. The molecule has 0 spiro atoms. The number of halogens is 3. The molecule has 7 nitrogen and oxygen atoms in total. The van der Waals surface area contributed by atoms with E-state index in [2.05, 4.69) is 10.4 Å². The number of para-hydroxylation sites is 2. The number of rotatable bonds is 2. The molecule has 1 aromatic rings. The molecule has 2 atom stereocenters. The second-order valence-corrected chi connectivity index (χ2v) is 6.38. The van der Waals surface area contributed by atoms with E-state index in [-0.39, 0.29) is 35.0 Å². The number of benzene rings is 1. The molecule has 1 heterocycles. The molecule has 0 saturated heterocycles. The van der Waals surface area contributed by atoms with E-state index in [1.165, 1.54) is 19.2 Å². The molecule has 2 aliphatic rings. The summed E-state index contributed by atoms with van der Waals surface area (Å²) in [5.74, 6) is -4.09. The summed E-state index contributed by atoms with van der Waals surface area (Å²) in [5, 5.41) is 16.2. The Hall–Kier alpha value is -2.62. The van der Waals surface area contributed by atoms with Crippen LogP contribution >= 0.6 is 0 Å². The van der Waals surface area contributed by atoms with Gasteiger partial charge in [0.1, 0.15) is 5.75 Å². The van der Waals surface area contributed by atoms with Gasteiger partial charge in [-0.2, -0.15) is 23.3 Å². The van der Waals surface area contributed by atoms with Gasteiger partial charge in [0.25, 0.3) is 5.72 Å². The van der Waals surface area contributed by atoms with Crippen LogP contribution in [0.3, 0.4) is 0 Å². The topological polar surface area (TPSA) is 91.2 Å². The number of nitrogens with zero attached hydrogens (tertiary/aromatic N) is 2. The molecule has 0 radical (unpaired) electrons. The number of hydrazone groups is 1. The van der Waals surface area contributed by atoms with Crippen LogP contribution in [0.1, 0.15) is 25.7 Å². The van der Waals surface area contributed by atoms with Crippen molar-refractivity contribution in [3.63, 3.8) is 0 Å². The molecule has 1 aromatic carbocycles. The number of nitrogens with one attached hydrogen (secondary N) is 1. The lowest BCUT2D eigenvalue weighted by atomic mass is 9.80. The zero-order valence-corrected chi connectivity index (χ0v) is 14.4. The van der Waals surface area contributed by atoms with Crippen molar-refractivity contribution in [2.45, 2.75) is 37.6 Å². The molecule has 0 unspecified atom stereocenters. The Kier molecular flexibility index (Phi) is 4.85. The van der Waals surface area contributed by atoms with Gasteiger partial charge in [0, 0.05) is 5.71 Å². The largest absolute Gasteiger partial charge is 0.495 e. The van der Waals surface area contributed by atoms with E-state index < -0.39 is 29.6 Å². The first kappa shape index (κ1) is 19.2. The van der Waals surface area contributed by atoms with Gasteiger partial charge in [0.15, 0.2) is 0 Å². The fourth-order valence-corrected chi connectivity index (χ4v) is 3.44. The molecule has 2 amide bonds. The highest BCUT2D eigenvalue weighted by molar-refractivity contribution is 6.40. The second kappa shape index (κ2) is 6.84. The van der Waals surface area contributed by atoms with Crippen LogP contribution in [-0.4, -0.2) is 46.7 Å². The van der Waals surface area contributed by atoms with Crippen LogP contribution in [0.25, 0.3) is 0 Å². The molecule has 146 valence electrons. The molecule has 0 aromatic heterocycles. The lowest BCUT2D eigenvalue weighted by Crippen LogP contribution is -2.62. The van der Waals surface area contributed by atoms with E-state index in [9.17, 15) is 27.9 Å². The van der Waals surface area contributed by atoms with Crippen LogP contribution < -0.4 is 10.1 Å². The summed E-state index contributed by atoms with van der Waals surface area (Å²) in [6.45, 7) is 0. The van der Waals surface area contributed by atoms with Gasteiger partial charge >= 0.3 is 18.0 Å². The molecule has 1 aliphatic carbocycles. The second-order valence-electron chi connectivity index (χ2n) is 6.38. The zero-order chi connectivity index (χ0) is 19.8. The predicted octanol–water partition coefficient (Wildman–Crippen LogP) is 2.27. The smallest absolute Gasteiger partial charge is 0.439 e. The van der Waals surface area contributed by atoms with Crippen LogP contribution in [0, 0.1) is 5.92 Å². The lowest BCUT2D eigenvalue weighted by molar-refractivity contribution is -0.316. The van der Waals surface area contributed by atoms with Crippen molar-refractivity contribution in [2.75, 3.05) is 12.4 Å². The summed E-state index contributed by atoms with van der Waals surface area (Å²) in [6.07, 6.45) is -3.81. The minimum absolute atomic E-state index is 0.0345. The first-order chi connectivity index (χ1) is 12.7. The Morgan fingerprint density at radius 3 is 2.70 bits per heavy atom. The van der Waals surface area contributed by atoms with E-state index >= 15 is 0 Å². The molecule has 1 fully saturated rings. The van der Waals surface area contributed by atoms with Crippen molar-refractivity contribution >= 4 is 23.2 Å². The van der Waals surface area contributed by atoms with Crippen LogP contribution in [0.4, 0.5) is 18.9 Å². The van der Waals surface area contributed by atoms with Gasteiger partial charge in [0.2, 0.25) is 0 Å². The Morgan fingerprint density at radius 1 is 1.33 bits per heavy atom. The number of amides is 2. The van der Waals surface area contributed by atoms with Gasteiger partial charge < -0.3 is 15.2 Å². The number of carbonyl (C=O) groups excluding carboxylic acids is 2. The summed E-state index contributed by atoms with van der Waals surface area (Å²) in [7, 11) is 1.34. The van der Waals surface area contributed by atoms with Crippen molar-refractivity contribution < 1.29 is 32.6 Å². The molecule has 27 heavy (non-hydrogen) atoms. The summed E-state index contributed by atoms with van der Waals surface area (Å²) < 4.78 is 46.0. The molecule has 2 N–H and O–H groups in total. The molecular weight excluding hydrogens is 367 g/mol. The first-order valence-electron chi connectivity index (χ1n) is 8.35. The number of hydrogen-bond acceptors (Lipinski definition) is 5. The fourth-order valence-electron chi connectivity index (χ4n) is 3.44.